The molecule has 0 aliphatic carbocycles. The highest BCUT2D eigenvalue weighted by Crippen LogP contribution is 2.30. The van der Waals surface area contributed by atoms with E-state index < -0.39 is 0 Å². The quantitative estimate of drug-likeness (QED) is 0.863. The van der Waals surface area contributed by atoms with Gasteiger partial charge < -0.3 is 14.6 Å². The van der Waals surface area contributed by atoms with E-state index in [4.69, 9.17) is 4.74 Å². The number of rotatable bonds is 6. The standard InChI is InChI=1S/C20H25N3O3/c1-14-16(13-15-7-4-3-5-8-15)20(25)22-19(21-14)17-9-6-11-23(17)18(24)10-12-26-2/h3-5,7-8,17H,6,9-13H2,1-2H3,(H,21,22,25)/t17-/m0/s1. The fourth-order valence-electron chi connectivity index (χ4n) is 3.48. The van der Waals surface area contributed by atoms with Crippen molar-refractivity contribution >= 4 is 5.91 Å². The number of methoxy groups -OCH3 is 1. The molecule has 0 spiro atoms. The predicted molar refractivity (Wildman–Crippen MR) is 99.0 cm³/mol. The van der Waals surface area contributed by atoms with Crippen LogP contribution in [-0.4, -0.2) is 41.0 Å². The Bertz CT molecular complexity index is 817. The summed E-state index contributed by atoms with van der Waals surface area (Å²) in [6.45, 7) is 2.96. The summed E-state index contributed by atoms with van der Waals surface area (Å²) < 4.78 is 5.00. The Hall–Kier alpha value is -2.47. The highest BCUT2D eigenvalue weighted by molar-refractivity contribution is 5.77. The number of H-pyrrole nitrogens is 1. The summed E-state index contributed by atoms with van der Waals surface area (Å²) in [6, 6.07) is 9.72. The molecule has 2 heterocycles. The maximum absolute atomic E-state index is 12.7. The lowest BCUT2D eigenvalue weighted by Crippen LogP contribution is -2.33. The van der Waals surface area contributed by atoms with Crippen molar-refractivity contribution in [3.05, 3.63) is 63.3 Å². The summed E-state index contributed by atoms with van der Waals surface area (Å²) in [6.07, 6.45) is 2.63. The number of carbonyl (C=O) groups is 1. The van der Waals surface area contributed by atoms with Crippen LogP contribution in [0.1, 0.15) is 47.9 Å². The molecule has 6 nitrogen and oxygen atoms in total. The largest absolute Gasteiger partial charge is 0.384 e. The van der Waals surface area contributed by atoms with Crippen molar-refractivity contribution < 1.29 is 9.53 Å². The van der Waals surface area contributed by atoms with Gasteiger partial charge in [0.05, 0.1) is 19.1 Å². The minimum Gasteiger partial charge on any atom is -0.384 e. The highest BCUT2D eigenvalue weighted by Gasteiger charge is 2.31. The summed E-state index contributed by atoms with van der Waals surface area (Å²) in [7, 11) is 1.59. The lowest BCUT2D eigenvalue weighted by molar-refractivity contribution is -0.133. The fraction of sp³-hybridized carbons (Fsp3) is 0.450. The number of aromatic amines is 1. The van der Waals surface area contributed by atoms with Crippen LogP contribution in [0.25, 0.3) is 0 Å². The van der Waals surface area contributed by atoms with Gasteiger partial charge in [-0.25, -0.2) is 4.98 Å². The molecule has 0 radical (unpaired) electrons. The van der Waals surface area contributed by atoms with Gasteiger partial charge in [-0.15, -0.1) is 0 Å². The first kappa shape index (κ1) is 18.3. The molecule has 1 saturated heterocycles. The monoisotopic (exact) mass is 355 g/mol. The number of hydrogen-bond donors (Lipinski definition) is 1. The fourth-order valence-corrected chi connectivity index (χ4v) is 3.48. The average molecular weight is 355 g/mol. The van der Waals surface area contributed by atoms with E-state index in [1.165, 1.54) is 0 Å². The van der Waals surface area contributed by atoms with Gasteiger partial charge >= 0.3 is 0 Å². The molecule has 0 unspecified atom stereocenters. The number of nitrogens with zero attached hydrogens (tertiary/aromatic N) is 2. The lowest BCUT2D eigenvalue weighted by Gasteiger charge is -2.24. The molecule has 0 bridgehead atoms. The predicted octanol–water partition coefficient (Wildman–Crippen LogP) is 2.37. The number of aromatic nitrogens is 2. The van der Waals surface area contributed by atoms with Gasteiger partial charge in [-0.1, -0.05) is 30.3 Å². The second kappa shape index (κ2) is 8.27. The van der Waals surface area contributed by atoms with E-state index in [1.807, 2.05) is 42.2 Å². The second-order valence-corrected chi connectivity index (χ2v) is 6.67. The van der Waals surface area contributed by atoms with E-state index in [9.17, 15) is 9.59 Å². The number of nitrogens with one attached hydrogen (secondary N) is 1. The summed E-state index contributed by atoms with van der Waals surface area (Å²) in [5.41, 5.74) is 2.36. The van der Waals surface area contributed by atoms with E-state index in [2.05, 4.69) is 9.97 Å². The summed E-state index contributed by atoms with van der Waals surface area (Å²) >= 11 is 0. The summed E-state index contributed by atoms with van der Waals surface area (Å²) in [5, 5.41) is 0. The number of likely N-dealkylation sites (tertiary alicyclic amines) is 1. The lowest BCUT2D eigenvalue weighted by atomic mass is 10.0. The minimum absolute atomic E-state index is 0.0445. The van der Waals surface area contributed by atoms with Crippen molar-refractivity contribution in [1.82, 2.24) is 14.9 Å². The number of amides is 1. The van der Waals surface area contributed by atoms with Crippen molar-refractivity contribution in [3.63, 3.8) is 0 Å². The van der Waals surface area contributed by atoms with Crippen LogP contribution >= 0.6 is 0 Å². The van der Waals surface area contributed by atoms with Gasteiger partial charge in [-0.3, -0.25) is 9.59 Å². The molecule has 1 aliphatic rings. The molecular weight excluding hydrogens is 330 g/mol. The van der Waals surface area contributed by atoms with Crippen LogP contribution < -0.4 is 5.56 Å². The van der Waals surface area contributed by atoms with Crippen molar-refractivity contribution in [2.75, 3.05) is 20.3 Å². The molecule has 1 aliphatic heterocycles. The van der Waals surface area contributed by atoms with E-state index in [-0.39, 0.29) is 17.5 Å². The molecule has 138 valence electrons. The Kier molecular flexibility index (Phi) is 5.83. The van der Waals surface area contributed by atoms with Gasteiger partial charge in [0.25, 0.3) is 5.56 Å². The number of carbonyl (C=O) groups excluding carboxylic acids is 1. The van der Waals surface area contributed by atoms with Crippen molar-refractivity contribution in [2.24, 2.45) is 0 Å². The maximum Gasteiger partial charge on any atom is 0.254 e. The third-order valence-electron chi connectivity index (χ3n) is 4.87. The highest BCUT2D eigenvalue weighted by atomic mass is 16.5. The van der Waals surface area contributed by atoms with Gasteiger partial charge in [0.1, 0.15) is 5.82 Å². The van der Waals surface area contributed by atoms with Crippen LogP contribution in [0.2, 0.25) is 0 Å². The van der Waals surface area contributed by atoms with Gasteiger partial charge in [0.15, 0.2) is 0 Å². The first-order chi connectivity index (χ1) is 12.6. The van der Waals surface area contributed by atoms with Gasteiger partial charge in [0.2, 0.25) is 5.91 Å². The van der Waals surface area contributed by atoms with E-state index in [0.29, 0.717) is 37.4 Å². The van der Waals surface area contributed by atoms with Crippen LogP contribution in [0.4, 0.5) is 0 Å². The molecule has 1 aromatic carbocycles. The van der Waals surface area contributed by atoms with Gasteiger partial charge in [0, 0.05) is 31.3 Å². The molecule has 1 fully saturated rings. The van der Waals surface area contributed by atoms with Crippen LogP contribution in [0.5, 0.6) is 0 Å². The Morgan fingerprint density at radius 3 is 2.81 bits per heavy atom. The normalized spacial score (nSPS) is 16.8. The topological polar surface area (TPSA) is 75.3 Å². The number of benzene rings is 1. The molecule has 3 rings (SSSR count). The zero-order chi connectivity index (χ0) is 18.5. The molecule has 6 heteroatoms. The minimum atomic E-state index is -0.156. The zero-order valence-electron chi connectivity index (χ0n) is 15.3. The molecule has 1 amide bonds. The van der Waals surface area contributed by atoms with Crippen LogP contribution in [0.3, 0.4) is 0 Å². The van der Waals surface area contributed by atoms with Crippen LogP contribution in [-0.2, 0) is 16.0 Å². The zero-order valence-corrected chi connectivity index (χ0v) is 15.3. The van der Waals surface area contributed by atoms with Crippen molar-refractivity contribution in [3.8, 4) is 0 Å². The molecular formula is C20H25N3O3. The van der Waals surface area contributed by atoms with Gasteiger partial charge in [-0.05, 0) is 25.3 Å². The van der Waals surface area contributed by atoms with Crippen molar-refractivity contribution in [2.45, 2.75) is 38.6 Å². The number of hydrogen-bond acceptors (Lipinski definition) is 4. The molecule has 2 aromatic rings. The molecule has 1 atom stereocenters. The van der Waals surface area contributed by atoms with E-state index >= 15 is 0 Å². The van der Waals surface area contributed by atoms with Crippen LogP contribution in [0.15, 0.2) is 35.1 Å². The summed E-state index contributed by atoms with van der Waals surface area (Å²) in [5.74, 6) is 0.635. The number of aryl methyl sites for hydroxylation is 1. The van der Waals surface area contributed by atoms with E-state index in [0.717, 1.165) is 24.1 Å². The summed E-state index contributed by atoms with van der Waals surface area (Å²) in [4.78, 5) is 34.4. The smallest absolute Gasteiger partial charge is 0.254 e. The Balaban J connectivity index is 1.83. The van der Waals surface area contributed by atoms with Crippen LogP contribution in [0, 0.1) is 6.92 Å². The molecule has 1 aromatic heterocycles. The Morgan fingerprint density at radius 2 is 2.12 bits per heavy atom. The third kappa shape index (κ3) is 4.02. The average Bonchev–Trinajstić information content (AvgIpc) is 3.13. The molecule has 0 saturated carbocycles. The SMILES string of the molecule is COCCC(=O)N1CCC[C@H]1c1nc(C)c(Cc2ccccc2)c(=O)[nH]1. The maximum atomic E-state index is 12.7. The first-order valence-electron chi connectivity index (χ1n) is 9.02. The molecule has 26 heavy (non-hydrogen) atoms. The molecule has 1 N–H and O–H groups in total. The van der Waals surface area contributed by atoms with Crippen molar-refractivity contribution in [1.29, 1.82) is 0 Å². The van der Waals surface area contributed by atoms with E-state index in [1.54, 1.807) is 7.11 Å². The first-order valence-corrected chi connectivity index (χ1v) is 9.02. The van der Waals surface area contributed by atoms with Gasteiger partial charge in [-0.2, -0.15) is 0 Å². The Morgan fingerprint density at radius 1 is 1.35 bits per heavy atom. The Labute approximate surface area is 153 Å². The third-order valence-corrected chi connectivity index (χ3v) is 4.87. The second-order valence-electron chi connectivity index (χ2n) is 6.67. The number of ether oxygens (including phenoxy) is 1.